The number of benzene rings is 2. The lowest BCUT2D eigenvalue weighted by atomic mass is 10.00. The Morgan fingerprint density at radius 1 is 1.09 bits per heavy atom. The van der Waals surface area contributed by atoms with Crippen LogP contribution < -0.4 is 10.6 Å². The van der Waals surface area contributed by atoms with E-state index in [1.165, 1.54) is 22.3 Å². The zero-order valence-electron chi connectivity index (χ0n) is 19.0. The molecular weight excluding hydrogens is 438 g/mol. The van der Waals surface area contributed by atoms with Gasteiger partial charge in [0, 0.05) is 25.4 Å². The number of carbonyl (C=O) groups is 1. The largest absolute Gasteiger partial charge is 0.390 e. The molecule has 0 saturated heterocycles. The number of aliphatic hydroxyl groups excluding tert-OH is 1. The van der Waals surface area contributed by atoms with Crippen molar-refractivity contribution in [2.24, 2.45) is 0 Å². The van der Waals surface area contributed by atoms with Gasteiger partial charge in [0.25, 0.3) is 5.91 Å². The molecule has 0 bridgehead atoms. The molecule has 3 aromatic rings. The van der Waals surface area contributed by atoms with Crippen molar-refractivity contribution in [3.63, 3.8) is 0 Å². The van der Waals surface area contributed by atoms with Gasteiger partial charge >= 0.3 is 0 Å². The molecule has 178 valence electrons. The fourth-order valence-corrected chi connectivity index (χ4v) is 3.81. The Kier molecular flexibility index (Phi) is 8.91. The van der Waals surface area contributed by atoms with Crippen LogP contribution in [0.2, 0.25) is 0 Å². The van der Waals surface area contributed by atoms with Gasteiger partial charge in [0.05, 0.1) is 18.2 Å². The van der Waals surface area contributed by atoms with Gasteiger partial charge in [-0.15, -0.1) is 0 Å². The number of hydrogen-bond acceptors (Lipinski definition) is 4. The third kappa shape index (κ3) is 6.98. The molecule has 2 atom stereocenters. The van der Waals surface area contributed by atoms with Gasteiger partial charge in [-0.1, -0.05) is 31.2 Å². The predicted molar refractivity (Wildman–Crippen MR) is 125 cm³/mol. The van der Waals surface area contributed by atoms with Crippen molar-refractivity contribution in [3.8, 4) is 6.07 Å². The van der Waals surface area contributed by atoms with Crippen LogP contribution in [-0.4, -0.2) is 34.3 Å². The van der Waals surface area contributed by atoms with Crippen molar-refractivity contribution in [1.29, 1.82) is 5.26 Å². The molecule has 3 rings (SSSR count). The molecule has 1 amide bonds. The Morgan fingerprint density at radius 2 is 1.82 bits per heavy atom. The number of aryl methyl sites for hydroxylation is 1. The van der Waals surface area contributed by atoms with E-state index in [1.807, 2.05) is 24.3 Å². The van der Waals surface area contributed by atoms with E-state index < -0.39 is 29.7 Å². The topological polar surface area (TPSA) is 90.1 Å². The second-order valence-electron chi connectivity index (χ2n) is 8.11. The second kappa shape index (κ2) is 12.1. The summed E-state index contributed by atoms with van der Waals surface area (Å²) in [4.78, 5) is 12.9. The lowest BCUT2D eigenvalue weighted by molar-refractivity contribution is 0.0822. The highest BCUT2D eigenvalue weighted by Crippen LogP contribution is 2.13. The molecule has 1 aromatic heterocycles. The van der Waals surface area contributed by atoms with Crippen molar-refractivity contribution in [1.82, 2.24) is 15.2 Å². The molecule has 34 heavy (non-hydrogen) atoms. The number of nitrogens with zero attached hydrogens (tertiary/aromatic N) is 2. The standard InChI is InChI=1S/C26H28F2N4O2/c1-2-18-5-3-6-19(11-18)16-30-17-25(33)23(14-20-12-21(27)15-22(28)13-20)31-26(34)24-7-4-9-32(24)10-8-29/h3-7,9,11-13,15,23,25,30,33H,2,10,14,16-17H2,1H3,(H,31,34)/t23-,25+/m0/s1. The fraction of sp³-hybridized carbons (Fsp3) is 0.308. The maximum Gasteiger partial charge on any atom is 0.268 e. The number of halogens is 2. The highest BCUT2D eigenvalue weighted by atomic mass is 19.1. The Balaban J connectivity index is 1.72. The number of aliphatic hydroxyl groups is 1. The van der Waals surface area contributed by atoms with Gasteiger partial charge in [-0.05, 0) is 53.8 Å². The molecule has 3 N–H and O–H groups in total. The first-order valence-corrected chi connectivity index (χ1v) is 11.1. The maximum atomic E-state index is 13.7. The van der Waals surface area contributed by atoms with Crippen molar-refractivity contribution >= 4 is 5.91 Å². The molecule has 0 aliphatic rings. The van der Waals surface area contributed by atoms with Crippen LogP contribution in [0.4, 0.5) is 8.78 Å². The van der Waals surface area contributed by atoms with Gasteiger partial charge in [-0.3, -0.25) is 4.79 Å². The number of amides is 1. The minimum Gasteiger partial charge on any atom is -0.390 e. The van der Waals surface area contributed by atoms with Gasteiger partial charge in [-0.2, -0.15) is 5.26 Å². The first-order valence-electron chi connectivity index (χ1n) is 11.1. The van der Waals surface area contributed by atoms with E-state index in [0.717, 1.165) is 18.1 Å². The van der Waals surface area contributed by atoms with Crippen molar-refractivity contribution in [2.75, 3.05) is 6.54 Å². The third-order valence-corrected chi connectivity index (χ3v) is 5.54. The molecule has 0 saturated carbocycles. The van der Waals surface area contributed by atoms with Crippen LogP contribution in [0.25, 0.3) is 0 Å². The summed E-state index contributed by atoms with van der Waals surface area (Å²) in [7, 11) is 0. The van der Waals surface area contributed by atoms with Gasteiger partial charge in [0.15, 0.2) is 0 Å². The lowest BCUT2D eigenvalue weighted by Gasteiger charge is -2.25. The van der Waals surface area contributed by atoms with Gasteiger partial charge in [0.1, 0.15) is 23.9 Å². The Hall–Kier alpha value is -3.54. The van der Waals surface area contributed by atoms with Crippen LogP contribution >= 0.6 is 0 Å². The molecule has 0 unspecified atom stereocenters. The minimum atomic E-state index is -1.04. The van der Waals surface area contributed by atoms with E-state index in [2.05, 4.69) is 23.6 Å². The van der Waals surface area contributed by atoms with Crippen LogP contribution in [0.3, 0.4) is 0 Å². The highest BCUT2D eigenvalue weighted by Gasteiger charge is 2.24. The van der Waals surface area contributed by atoms with Gasteiger partial charge in [-0.25, -0.2) is 8.78 Å². The van der Waals surface area contributed by atoms with Crippen molar-refractivity contribution < 1.29 is 18.7 Å². The smallest absolute Gasteiger partial charge is 0.268 e. The summed E-state index contributed by atoms with van der Waals surface area (Å²) < 4.78 is 28.9. The Bertz CT molecular complexity index is 1140. The summed E-state index contributed by atoms with van der Waals surface area (Å²) in [6.45, 7) is 2.74. The second-order valence-corrected chi connectivity index (χ2v) is 8.11. The molecule has 0 spiro atoms. The number of nitrogens with one attached hydrogen (secondary N) is 2. The van der Waals surface area contributed by atoms with Crippen molar-refractivity contribution in [2.45, 2.75) is 45.0 Å². The molecule has 1 heterocycles. The number of carbonyl (C=O) groups excluding carboxylic acids is 1. The Morgan fingerprint density at radius 3 is 2.53 bits per heavy atom. The summed E-state index contributed by atoms with van der Waals surface area (Å²) in [6, 6.07) is 15.6. The molecular formula is C26H28F2N4O2. The first kappa shape index (κ1) is 25.1. The molecule has 0 aliphatic heterocycles. The zero-order chi connectivity index (χ0) is 24.5. The fourth-order valence-electron chi connectivity index (χ4n) is 3.81. The van der Waals surface area contributed by atoms with Crippen LogP contribution in [0.1, 0.15) is 34.1 Å². The average Bonchev–Trinajstić information content (AvgIpc) is 3.27. The molecule has 0 aliphatic carbocycles. The van der Waals surface area contributed by atoms with E-state index in [1.54, 1.807) is 18.3 Å². The average molecular weight is 467 g/mol. The predicted octanol–water partition coefficient (Wildman–Crippen LogP) is 3.34. The number of rotatable bonds is 11. The lowest BCUT2D eigenvalue weighted by Crippen LogP contribution is -2.49. The quantitative estimate of drug-likeness (QED) is 0.404. The zero-order valence-corrected chi connectivity index (χ0v) is 19.0. The molecule has 6 nitrogen and oxygen atoms in total. The molecule has 8 heteroatoms. The van der Waals surface area contributed by atoms with E-state index in [-0.39, 0.29) is 25.2 Å². The molecule has 2 aromatic carbocycles. The minimum absolute atomic E-state index is 0.00351. The summed E-state index contributed by atoms with van der Waals surface area (Å²) in [5.41, 5.74) is 2.84. The van der Waals surface area contributed by atoms with Gasteiger partial charge in [0.2, 0.25) is 0 Å². The van der Waals surface area contributed by atoms with Crippen LogP contribution in [-0.2, 0) is 25.9 Å². The normalized spacial score (nSPS) is 12.7. The number of nitriles is 1. The van der Waals surface area contributed by atoms with E-state index in [4.69, 9.17) is 5.26 Å². The SMILES string of the molecule is CCc1cccc(CNC[C@@H](O)[C@H](Cc2cc(F)cc(F)c2)NC(=O)c2cccn2CC#N)c1. The number of aromatic nitrogens is 1. The number of hydrogen-bond donors (Lipinski definition) is 3. The van der Waals surface area contributed by atoms with E-state index in [9.17, 15) is 18.7 Å². The molecule has 0 radical (unpaired) electrons. The van der Waals surface area contributed by atoms with Crippen LogP contribution in [0, 0.1) is 23.0 Å². The van der Waals surface area contributed by atoms with E-state index >= 15 is 0 Å². The summed E-state index contributed by atoms with van der Waals surface area (Å²) in [5, 5.41) is 25.8. The van der Waals surface area contributed by atoms with Crippen LogP contribution in [0.15, 0.2) is 60.8 Å². The monoisotopic (exact) mass is 466 g/mol. The third-order valence-electron chi connectivity index (χ3n) is 5.54. The van der Waals surface area contributed by atoms with Gasteiger partial charge < -0.3 is 20.3 Å². The maximum absolute atomic E-state index is 13.7. The van der Waals surface area contributed by atoms with Crippen molar-refractivity contribution in [3.05, 3.63) is 94.8 Å². The highest BCUT2D eigenvalue weighted by molar-refractivity contribution is 5.93. The van der Waals surface area contributed by atoms with Crippen LogP contribution in [0.5, 0.6) is 0 Å². The summed E-state index contributed by atoms with van der Waals surface area (Å²) in [6.07, 6.45) is 1.51. The molecule has 0 fully saturated rings. The van der Waals surface area contributed by atoms with E-state index in [0.29, 0.717) is 12.1 Å². The Labute approximate surface area is 197 Å². The first-order chi connectivity index (χ1) is 16.4. The summed E-state index contributed by atoms with van der Waals surface area (Å²) in [5.74, 6) is -1.95. The summed E-state index contributed by atoms with van der Waals surface area (Å²) >= 11 is 0.